The summed E-state index contributed by atoms with van der Waals surface area (Å²) < 4.78 is 24.5. The summed E-state index contributed by atoms with van der Waals surface area (Å²) in [5, 5.41) is 4.75. The van der Waals surface area contributed by atoms with Gasteiger partial charge in [-0.2, -0.15) is 0 Å². The molecule has 0 aliphatic carbocycles. The fourth-order valence-electron chi connectivity index (χ4n) is 4.91. The van der Waals surface area contributed by atoms with Crippen molar-refractivity contribution in [2.45, 2.75) is 54.8 Å². The van der Waals surface area contributed by atoms with Crippen molar-refractivity contribution in [3.8, 4) is 22.5 Å². The molecule has 0 N–H and O–H groups in total. The van der Waals surface area contributed by atoms with Gasteiger partial charge in [-0.3, -0.25) is 0 Å². The molecule has 0 bridgehead atoms. The fourth-order valence-corrected chi connectivity index (χ4v) is 5.75. The number of pyridine rings is 3. The van der Waals surface area contributed by atoms with E-state index in [1.807, 2.05) is 81.9 Å². The minimum atomic E-state index is -1.47. The molecule has 0 unspecified atom stereocenters. The van der Waals surface area contributed by atoms with E-state index in [4.69, 9.17) is 7.16 Å². The van der Waals surface area contributed by atoms with Crippen molar-refractivity contribution in [3.63, 3.8) is 0 Å². The van der Waals surface area contributed by atoms with Crippen molar-refractivity contribution in [3.05, 3.63) is 112 Å². The Bertz CT molecular complexity index is 2180. The van der Waals surface area contributed by atoms with Gasteiger partial charge in [0.1, 0.15) is 0 Å². The number of benzene rings is 2. The molecule has 2 aromatic carbocycles. The van der Waals surface area contributed by atoms with E-state index >= 15 is 0 Å². The number of hydrogen-bond acceptors (Lipinski definition) is 5. The van der Waals surface area contributed by atoms with Crippen LogP contribution in [0, 0.1) is 45.2 Å². The number of aromatic nitrogens is 3. The summed E-state index contributed by atoms with van der Waals surface area (Å²) in [6.45, 7) is 14.0. The maximum Gasteiger partial charge on any atom is 0.216 e. The first-order valence-electron chi connectivity index (χ1n) is 15.3. The summed E-state index contributed by atoms with van der Waals surface area (Å²) in [5.41, 5.74) is 9.64. The maximum atomic E-state index is 8.74. The van der Waals surface area contributed by atoms with Crippen LogP contribution in [0.3, 0.4) is 0 Å². The van der Waals surface area contributed by atoms with Crippen LogP contribution in [0.2, 0.25) is 0 Å². The largest absolute Gasteiger partial charge is 0.486 e. The molecule has 0 aliphatic rings. The Morgan fingerprint density at radius 1 is 0.864 bits per heavy atom. The van der Waals surface area contributed by atoms with E-state index in [0.29, 0.717) is 22.6 Å². The Morgan fingerprint density at radius 3 is 2.39 bits per heavy atom. The molecule has 0 saturated heterocycles. The Hall–Kier alpha value is -3.70. The third-order valence-corrected chi connectivity index (χ3v) is 8.21. The summed E-state index contributed by atoms with van der Waals surface area (Å²) >= 11 is 1.52. The molecule has 225 valence electrons. The minimum Gasteiger partial charge on any atom is -0.486 e. The summed E-state index contributed by atoms with van der Waals surface area (Å²) in [7, 11) is 0. The van der Waals surface area contributed by atoms with E-state index in [1.54, 1.807) is 0 Å². The van der Waals surface area contributed by atoms with E-state index in [0.717, 1.165) is 43.4 Å². The Kier molecular flexibility index (Phi) is 8.40. The second-order valence-corrected chi connectivity index (χ2v) is 12.9. The topological polar surface area (TPSA) is 51.8 Å². The minimum absolute atomic E-state index is 0. The standard InChI is InChI=1S/C24H21N2OS.C14H14N.Ir/c1-14-8-9-17-16-6-5-7-18(22(16)27-23(17)26-14)20-10-19-15(11-24(2,3)4)13-28-21(19)12-25-20;1-10-4-6-13(7-5-10)14-8-11(2)12(3)9-15-14;/h5-6,8-10,12-13H,11H2,1-4H3;4-6,8-9H,1-3H3;/q2*-1;/i11D2;;. The van der Waals surface area contributed by atoms with Gasteiger partial charge in [-0.05, 0) is 78.0 Å². The van der Waals surface area contributed by atoms with Gasteiger partial charge in [0.2, 0.25) is 5.71 Å². The zero-order chi connectivity index (χ0) is 32.1. The van der Waals surface area contributed by atoms with E-state index < -0.39 is 11.8 Å². The van der Waals surface area contributed by atoms with Crippen molar-refractivity contribution in [1.82, 2.24) is 15.0 Å². The second-order valence-electron chi connectivity index (χ2n) is 12.0. The first-order valence-corrected chi connectivity index (χ1v) is 15.2. The Balaban J connectivity index is 0.000000220. The summed E-state index contributed by atoms with van der Waals surface area (Å²) in [5.74, 6) is 0. The van der Waals surface area contributed by atoms with Crippen LogP contribution in [-0.2, 0) is 26.5 Å². The molecule has 0 saturated carbocycles. The third kappa shape index (κ3) is 6.68. The molecule has 5 heterocycles. The van der Waals surface area contributed by atoms with Crippen LogP contribution in [0.25, 0.3) is 54.7 Å². The molecule has 5 aromatic heterocycles. The van der Waals surface area contributed by atoms with Crippen molar-refractivity contribution >= 4 is 43.5 Å². The van der Waals surface area contributed by atoms with Crippen molar-refractivity contribution < 1.29 is 27.3 Å². The van der Waals surface area contributed by atoms with Crippen LogP contribution in [0.1, 0.15) is 51.5 Å². The van der Waals surface area contributed by atoms with Gasteiger partial charge < -0.3 is 14.4 Å². The molecule has 7 rings (SSSR count). The number of thiophene rings is 1. The number of furan rings is 1. The molecule has 44 heavy (non-hydrogen) atoms. The van der Waals surface area contributed by atoms with Crippen LogP contribution in [-0.4, -0.2) is 15.0 Å². The molecule has 0 fully saturated rings. The molecule has 0 spiro atoms. The predicted octanol–water partition coefficient (Wildman–Crippen LogP) is 10.4. The third-order valence-electron chi connectivity index (χ3n) is 7.28. The van der Waals surface area contributed by atoms with Crippen LogP contribution in [0.15, 0.2) is 76.8 Å². The average Bonchev–Trinajstić information content (AvgIpc) is 3.60. The van der Waals surface area contributed by atoms with Crippen LogP contribution < -0.4 is 0 Å². The number of fused-ring (bicyclic) bond motifs is 4. The van der Waals surface area contributed by atoms with E-state index in [2.05, 4.69) is 66.1 Å². The van der Waals surface area contributed by atoms with E-state index in [9.17, 15) is 0 Å². The fraction of sp³-hybridized carbons (Fsp3) is 0.237. The van der Waals surface area contributed by atoms with Gasteiger partial charge in [0.15, 0.2) is 0 Å². The van der Waals surface area contributed by atoms with Gasteiger partial charge in [0, 0.05) is 46.3 Å². The molecular weight excluding hydrogens is 739 g/mol. The molecule has 6 heteroatoms. The molecular formula is C38H35IrN3OS-2. The number of aryl methyl sites for hydroxylation is 4. The van der Waals surface area contributed by atoms with Gasteiger partial charge in [-0.1, -0.05) is 56.3 Å². The molecule has 0 atom stereocenters. The summed E-state index contributed by atoms with van der Waals surface area (Å²) in [6.07, 6.45) is 2.26. The van der Waals surface area contributed by atoms with Crippen LogP contribution >= 0.6 is 11.3 Å². The number of hydrogen-bond donors (Lipinski definition) is 0. The first-order chi connectivity index (χ1) is 21.3. The zero-order valence-corrected chi connectivity index (χ0v) is 29.1. The van der Waals surface area contributed by atoms with Crippen LogP contribution in [0.4, 0.5) is 0 Å². The summed E-state index contributed by atoms with van der Waals surface area (Å²) in [6, 6.07) is 24.6. The molecule has 0 amide bonds. The van der Waals surface area contributed by atoms with Gasteiger partial charge >= 0.3 is 0 Å². The van der Waals surface area contributed by atoms with Crippen molar-refractivity contribution in [1.29, 1.82) is 0 Å². The maximum absolute atomic E-state index is 8.74. The smallest absolute Gasteiger partial charge is 0.216 e. The normalized spacial score (nSPS) is 12.4. The average molecular weight is 776 g/mol. The predicted molar refractivity (Wildman–Crippen MR) is 180 cm³/mol. The van der Waals surface area contributed by atoms with Gasteiger partial charge in [-0.15, -0.1) is 64.9 Å². The molecule has 4 nitrogen and oxygen atoms in total. The van der Waals surface area contributed by atoms with Crippen LogP contribution in [0.5, 0.6) is 0 Å². The van der Waals surface area contributed by atoms with Crippen molar-refractivity contribution in [2.75, 3.05) is 0 Å². The summed E-state index contributed by atoms with van der Waals surface area (Å²) in [4.78, 5) is 13.6. The SMILES string of the molecule is Cc1c[c-]c(-c2cc(C)c(C)cn2)cc1.[2H]C([2H])(c1csc2cnc(-c3[c-]ccc4c3oc3nc(C)ccc34)cc12)C(C)(C)C.[Ir]. The van der Waals surface area contributed by atoms with Gasteiger partial charge in [0.05, 0.1) is 10.3 Å². The quantitative estimate of drug-likeness (QED) is 0.168. The number of nitrogens with zero attached hydrogens (tertiary/aromatic N) is 3. The number of rotatable bonds is 3. The Labute approximate surface area is 279 Å². The van der Waals surface area contributed by atoms with Gasteiger partial charge in [0.25, 0.3) is 0 Å². The zero-order valence-electron chi connectivity index (χ0n) is 27.9. The van der Waals surface area contributed by atoms with E-state index in [1.165, 1.54) is 28.0 Å². The van der Waals surface area contributed by atoms with Crippen molar-refractivity contribution in [2.24, 2.45) is 5.41 Å². The van der Waals surface area contributed by atoms with Gasteiger partial charge in [-0.25, -0.2) is 4.98 Å². The second kappa shape index (κ2) is 12.7. The first kappa shape index (κ1) is 29.0. The Morgan fingerprint density at radius 2 is 1.66 bits per heavy atom. The molecule has 0 aliphatic heterocycles. The van der Waals surface area contributed by atoms with E-state index in [-0.39, 0.29) is 20.1 Å². The molecule has 7 aromatic rings. The molecule has 1 radical (unpaired) electrons. The monoisotopic (exact) mass is 776 g/mol.